The van der Waals surface area contributed by atoms with Crippen molar-refractivity contribution in [1.29, 1.82) is 0 Å². The van der Waals surface area contributed by atoms with Crippen LogP contribution in [0.15, 0.2) is 12.2 Å². The molecule has 1 aromatic rings. The van der Waals surface area contributed by atoms with Crippen LogP contribution < -0.4 is 16.4 Å². The normalized spacial score (nSPS) is 16.8. The Bertz CT molecular complexity index is 680. The van der Waals surface area contributed by atoms with Gasteiger partial charge in [-0.25, -0.2) is 4.98 Å². The molecular weight excluding hydrogens is 401 g/mol. The molecule has 0 atom stereocenters. The molecule has 1 aromatic heterocycles. The molecule has 2 aliphatic rings. The minimum atomic E-state index is 0. The summed E-state index contributed by atoms with van der Waals surface area (Å²) < 4.78 is 0. The number of hydrogen-bond acceptors (Lipinski definition) is 7. The molecule has 158 valence electrons. The SMILES string of the molecule is C=C(C)CNc1nc(N)nc2c1CCN(C(=O)CN1CCNCC1)CC2.Cl.Cl. The monoisotopic (exact) mass is 431 g/mol. The highest BCUT2D eigenvalue weighted by atomic mass is 35.5. The molecule has 28 heavy (non-hydrogen) atoms. The van der Waals surface area contributed by atoms with Gasteiger partial charge in [-0.2, -0.15) is 4.98 Å². The molecule has 1 fully saturated rings. The lowest BCUT2D eigenvalue weighted by molar-refractivity contribution is -0.132. The van der Waals surface area contributed by atoms with Crippen molar-refractivity contribution in [2.45, 2.75) is 19.8 Å². The summed E-state index contributed by atoms with van der Waals surface area (Å²) in [4.78, 5) is 25.7. The Hall–Kier alpha value is -1.61. The second-order valence-electron chi connectivity index (χ2n) is 7.07. The predicted octanol–water partition coefficient (Wildman–Crippen LogP) is 0.723. The fourth-order valence-electron chi connectivity index (χ4n) is 3.41. The molecule has 3 heterocycles. The molecule has 0 unspecified atom stereocenters. The summed E-state index contributed by atoms with van der Waals surface area (Å²) in [6.45, 7) is 12.1. The Morgan fingerprint density at radius 2 is 1.86 bits per heavy atom. The van der Waals surface area contributed by atoms with Gasteiger partial charge in [-0.15, -0.1) is 24.8 Å². The molecule has 10 heteroatoms. The topological polar surface area (TPSA) is 99.4 Å². The molecule has 0 spiro atoms. The smallest absolute Gasteiger partial charge is 0.236 e. The Morgan fingerprint density at radius 1 is 1.18 bits per heavy atom. The van der Waals surface area contributed by atoms with Gasteiger partial charge in [0.15, 0.2) is 0 Å². The van der Waals surface area contributed by atoms with Gasteiger partial charge < -0.3 is 21.3 Å². The molecule has 0 aliphatic carbocycles. The number of hydrogen-bond donors (Lipinski definition) is 3. The third-order valence-corrected chi connectivity index (χ3v) is 4.84. The first-order valence-corrected chi connectivity index (χ1v) is 9.27. The summed E-state index contributed by atoms with van der Waals surface area (Å²) in [5, 5.41) is 6.62. The number of carbonyl (C=O) groups excluding carboxylic acids is 1. The van der Waals surface area contributed by atoms with E-state index in [1.165, 1.54) is 0 Å². The van der Waals surface area contributed by atoms with E-state index in [1.54, 1.807) is 0 Å². The summed E-state index contributed by atoms with van der Waals surface area (Å²) in [5.41, 5.74) is 8.92. The van der Waals surface area contributed by atoms with Crippen molar-refractivity contribution in [1.82, 2.24) is 25.1 Å². The molecular formula is C18H31Cl2N7O. The van der Waals surface area contributed by atoms with Crippen LogP contribution in [0.3, 0.4) is 0 Å². The van der Waals surface area contributed by atoms with Crippen molar-refractivity contribution in [2.75, 3.05) is 63.4 Å². The number of halogens is 2. The zero-order valence-electron chi connectivity index (χ0n) is 16.4. The van der Waals surface area contributed by atoms with E-state index in [-0.39, 0.29) is 36.7 Å². The van der Waals surface area contributed by atoms with E-state index in [0.29, 0.717) is 32.6 Å². The highest BCUT2D eigenvalue weighted by Gasteiger charge is 2.24. The molecule has 4 N–H and O–H groups in total. The highest BCUT2D eigenvalue weighted by Crippen LogP contribution is 2.22. The molecule has 1 saturated heterocycles. The molecule has 3 rings (SSSR count). The summed E-state index contributed by atoms with van der Waals surface area (Å²) >= 11 is 0. The van der Waals surface area contributed by atoms with Gasteiger partial charge in [0.05, 0.1) is 12.2 Å². The number of rotatable bonds is 5. The fourth-order valence-corrected chi connectivity index (χ4v) is 3.41. The standard InChI is InChI=1S/C18H29N7O.2ClH/c1-13(2)11-21-17-14-3-7-25(8-4-15(14)22-18(19)23-17)16(26)12-24-9-5-20-6-10-24;;/h20H,1,3-12H2,2H3,(H3,19,21,22,23);2*1H. The minimum absolute atomic E-state index is 0. The van der Waals surface area contributed by atoms with Crippen LogP contribution in [0.25, 0.3) is 0 Å². The fraction of sp³-hybridized carbons (Fsp3) is 0.611. The van der Waals surface area contributed by atoms with Gasteiger partial charge in [-0.05, 0) is 13.3 Å². The van der Waals surface area contributed by atoms with Gasteiger partial charge in [-0.1, -0.05) is 12.2 Å². The van der Waals surface area contributed by atoms with Crippen molar-refractivity contribution in [3.63, 3.8) is 0 Å². The van der Waals surface area contributed by atoms with Crippen LogP contribution in [0.1, 0.15) is 18.2 Å². The largest absolute Gasteiger partial charge is 0.368 e. The van der Waals surface area contributed by atoms with E-state index >= 15 is 0 Å². The van der Waals surface area contributed by atoms with E-state index < -0.39 is 0 Å². The maximum Gasteiger partial charge on any atom is 0.236 e. The van der Waals surface area contributed by atoms with Gasteiger partial charge in [-0.3, -0.25) is 9.69 Å². The first-order chi connectivity index (χ1) is 12.5. The van der Waals surface area contributed by atoms with Crippen LogP contribution in [-0.4, -0.2) is 78.0 Å². The van der Waals surface area contributed by atoms with E-state index in [9.17, 15) is 4.79 Å². The number of fused-ring (bicyclic) bond motifs is 1. The number of aromatic nitrogens is 2. The van der Waals surface area contributed by atoms with Crippen molar-refractivity contribution in [3.8, 4) is 0 Å². The van der Waals surface area contributed by atoms with E-state index in [0.717, 1.165) is 55.2 Å². The number of piperazine rings is 1. The average Bonchev–Trinajstić information content (AvgIpc) is 2.83. The molecule has 8 nitrogen and oxygen atoms in total. The van der Waals surface area contributed by atoms with Gasteiger partial charge >= 0.3 is 0 Å². The van der Waals surface area contributed by atoms with Gasteiger partial charge in [0.2, 0.25) is 11.9 Å². The molecule has 0 radical (unpaired) electrons. The van der Waals surface area contributed by atoms with Crippen molar-refractivity contribution in [2.24, 2.45) is 0 Å². The Balaban J connectivity index is 0.00000196. The summed E-state index contributed by atoms with van der Waals surface area (Å²) in [7, 11) is 0. The summed E-state index contributed by atoms with van der Waals surface area (Å²) in [6, 6.07) is 0. The van der Waals surface area contributed by atoms with Crippen LogP contribution in [0.5, 0.6) is 0 Å². The maximum atomic E-state index is 12.7. The van der Waals surface area contributed by atoms with Crippen molar-refractivity contribution < 1.29 is 4.79 Å². The number of nitrogen functional groups attached to an aromatic ring is 1. The van der Waals surface area contributed by atoms with Gasteiger partial charge in [0, 0.05) is 57.8 Å². The second kappa shape index (κ2) is 11.4. The Labute approximate surface area is 179 Å². The Kier molecular flexibility index (Phi) is 9.95. The number of anilines is 2. The van der Waals surface area contributed by atoms with E-state index in [1.807, 2.05) is 11.8 Å². The molecule has 2 aliphatic heterocycles. The second-order valence-corrected chi connectivity index (χ2v) is 7.07. The lowest BCUT2D eigenvalue weighted by Crippen LogP contribution is -2.48. The van der Waals surface area contributed by atoms with Crippen LogP contribution >= 0.6 is 24.8 Å². The number of nitrogens with zero attached hydrogens (tertiary/aromatic N) is 4. The number of nitrogens with two attached hydrogens (primary N) is 1. The van der Waals surface area contributed by atoms with Gasteiger partial charge in [0.1, 0.15) is 5.82 Å². The van der Waals surface area contributed by atoms with Crippen LogP contribution in [-0.2, 0) is 17.6 Å². The van der Waals surface area contributed by atoms with Gasteiger partial charge in [0.25, 0.3) is 0 Å². The lowest BCUT2D eigenvalue weighted by atomic mass is 10.1. The van der Waals surface area contributed by atoms with E-state index in [2.05, 4.69) is 32.1 Å². The number of amides is 1. The molecule has 0 aromatic carbocycles. The van der Waals surface area contributed by atoms with Crippen molar-refractivity contribution >= 4 is 42.5 Å². The first kappa shape index (κ1) is 24.4. The molecule has 0 bridgehead atoms. The quantitative estimate of drug-likeness (QED) is 0.590. The van der Waals surface area contributed by atoms with Crippen molar-refractivity contribution in [3.05, 3.63) is 23.4 Å². The number of carbonyl (C=O) groups is 1. The molecule has 0 saturated carbocycles. The zero-order valence-corrected chi connectivity index (χ0v) is 18.0. The third kappa shape index (κ3) is 6.48. The summed E-state index contributed by atoms with van der Waals surface area (Å²) in [6.07, 6.45) is 1.44. The first-order valence-electron chi connectivity index (χ1n) is 9.27. The average molecular weight is 432 g/mol. The van der Waals surface area contributed by atoms with Crippen LogP contribution in [0.4, 0.5) is 11.8 Å². The minimum Gasteiger partial charge on any atom is -0.368 e. The summed E-state index contributed by atoms with van der Waals surface area (Å²) in [5.74, 6) is 1.23. The van der Waals surface area contributed by atoms with Crippen LogP contribution in [0.2, 0.25) is 0 Å². The molecule has 1 amide bonds. The lowest BCUT2D eigenvalue weighted by Gasteiger charge is -2.29. The Morgan fingerprint density at radius 3 is 2.54 bits per heavy atom. The maximum absolute atomic E-state index is 12.7. The highest BCUT2D eigenvalue weighted by molar-refractivity contribution is 5.85. The predicted molar refractivity (Wildman–Crippen MR) is 118 cm³/mol. The number of nitrogens with one attached hydrogen (secondary N) is 2. The van der Waals surface area contributed by atoms with E-state index in [4.69, 9.17) is 5.73 Å². The zero-order chi connectivity index (χ0) is 18.5. The third-order valence-electron chi connectivity index (χ3n) is 4.84. The van der Waals surface area contributed by atoms with Crippen LogP contribution in [0, 0.1) is 0 Å².